The van der Waals surface area contributed by atoms with Crippen LogP contribution in [0.15, 0.2) is 73.2 Å². The maximum atomic E-state index is 13.2. The summed E-state index contributed by atoms with van der Waals surface area (Å²) in [6.07, 6.45) is 1.48. The number of amides is 1. The normalized spacial score (nSPS) is 18.1. The number of hydrogen-bond donors (Lipinski definition) is 2. The van der Waals surface area contributed by atoms with E-state index in [1.165, 1.54) is 6.33 Å². The smallest absolute Gasteiger partial charge is 0.235 e. The molecule has 1 aliphatic heterocycles. The summed E-state index contributed by atoms with van der Waals surface area (Å²) in [5.41, 5.74) is 3.39. The van der Waals surface area contributed by atoms with Crippen LogP contribution in [0.2, 0.25) is 0 Å². The number of carbonyl (C=O) groups excluding carboxylic acids is 1. The first-order valence-corrected chi connectivity index (χ1v) is 9.03. The van der Waals surface area contributed by atoms with Crippen LogP contribution in [0.3, 0.4) is 0 Å². The SMILES string of the molecule is C=C1Nc2ncnn2C(c2ccc(N(C)C)cc2)C1C(=O)Nc1ccccc1. The molecule has 1 aromatic heterocycles. The van der Waals surface area contributed by atoms with E-state index in [1.54, 1.807) is 4.68 Å². The zero-order chi connectivity index (χ0) is 19.7. The molecule has 4 rings (SSSR count). The summed E-state index contributed by atoms with van der Waals surface area (Å²) in [7, 11) is 3.99. The molecule has 0 aliphatic carbocycles. The Morgan fingerprint density at radius 2 is 1.86 bits per heavy atom. The molecule has 2 N–H and O–H groups in total. The second-order valence-electron chi connectivity index (χ2n) is 6.94. The van der Waals surface area contributed by atoms with E-state index < -0.39 is 5.92 Å². The van der Waals surface area contributed by atoms with Gasteiger partial charge in [-0.15, -0.1) is 0 Å². The van der Waals surface area contributed by atoms with Gasteiger partial charge in [-0.2, -0.15) is 10.1 Å². The standard InChI is InChI=1S/C21H22N6O/c1-14-18(20(28)25-16-7-5-4-6-8-16)19(27-21(24-14)22-13-23-27)15-9-11-17(12-10-15)26(2)3/h4-13,18-19H,1H2,2-3H3,(H,25,28)(H,22,23,24). The molecule has 1 amide bonds. The van der Waals surface area contributed by atoms with Crippen LogP contribution in [0.25, 0.3) is 0 Å². The van der Waals surface area contributed by atoms with Crippen LogP contribution in [-0.2, 0) is 4.79 Å². The first-order valence-electron chi connectivity index (χ1n) is 9.03. The van der Waals surface area contributed by atoms with Crippen LogP contribution in [0.5, 0.6) is 0 Å². The molecule has 1 aliphatic rings. The zero-order valence-electron chi connectivity index (χ0n) is 15.8. The van der Waals surface area contributed by atoms with Gasteiger partial charge in [-0.1, -0.05) is 36.9 Å². The molecule has 0 bridgehead atoms. The lowest BCUT2D eigenvalue weighted by Gasteiger charge is -2.34. The molecule has 0 radical (unpaired) electrons. The highest BCUT2D eigenvalue weighted by atomic mass is 16.2. The van der Waals surface area contributed by atoms with E-state index in [0.29, 0.717) is 11.6 Å². The van der Waals surface area contributed by atoms with E-state index in [-0.39, 0.29) is 11.9 Å². The highest BCUT2D eigenvalue weighted by molar-refractivity contribution is 5.95. The van der Waals surface area contributed by atoms with Crippen molar-refractivity contribution in [1.82, 2.24) is 14.8 Å². The molecule has 7 nitrogen and oxygen atoms in total. The Morgan fingerprint density at radius 1 is 1.14 bits per heavy atom. The molecule has 0 saturated heterocycles. The van der Waals surface area contributed by atoms with Crippen molar-refractivity contribution in [3.05, 3.63) is 78.8 Å². The van der Waals surface area contributed by atoms with Crippen LogP contribution in [0.4, 0.5) is 17.3 Å². The Bertz CT molecular complexity index is 993. The van der Waals surface area contributed by atoms with Crippen LogP contribution >= 0.6 is 0 Å². The third-order valence-corrected chi connectivity index (χ3v) is 4.87. The maximum Gasteiger partial charge on any atom is 0.235 e. The minimum atomic E-state index is -0.542. The summed E-state index contributed by atoms with van der Waals surface area (Å²) >= 11 is 0. The number of para-hydroxylation sites is 1. The lowest BCUT2D eigenvalue weighted by atomic mass is 9.88. The molecule has 2 unspecified atom stereocenters. The number of aromatic nitrogens is 3. The number of hydrogen-bond acceptors (Lipinski definition) is 5. The van der Waals surface area contributed by atoms with Gasteiger partial charge in [-0.3, -0.25) is 4.79 Å². The van der Waals surface area contributed by atoms with E-state index >= 15 is 0 Å². The maximum absolute atomic E-state index is 13.2. The topological polar surface area (TPSA) is 75.1 Å². The Morgan fingerprint density at radius 3 is 2.54 bits per heavy atom. The molecule has 7 heteroatoms. The lowest BCUT2D eigenvalue weighted by molar-refractivity contribution is -0.119. The van der Waals surface area contributed by atoms with E-state index in [2.05, 4.69) is 27.3 Å². The highest BCUT2D eigenvalue weighted by Crippen LogP contribution is 2.38. The number of carbonyl (C=O) groups is 1. The summed E-state index contributed by atoms with van der Waals surface area (Å²) in [4.78, 5) is 19.5. The third kappa shape index (κ3) is 3.22. The highest BCUT2D eigenvalue weighted by Gasteiger charge is 2.39. The van der Waals surface area contributed by atoms with Gasteiger partial charge in [0.15, 0.2) is 0 Å². The Kier molecular flexibility index (Phi) is 4.57. The quantitative estimate of drug-likeness (QED) is 0.734. The second-order valence-corrected chi connectivity index (χ2v) is 6.94. The molecule has 3 aromatic rings. The van der Waals surface area contributed by atoms with E-state index in [4.69, 9.17) is 0 Å². The monoisotopic (exact) mass is 374 g/mol. The van der Waals surface area contributed by atoms with Gasteiger partial charge < -0.3 is 15.5 Å². The molecular weight excluding hydrogens is 352 g/mol. The van der Waals surface area contributed by atoms with Crippen molar-refractivity contribution in [3.8, 4) is 0 Å². The van der Waals surface area contributed by atoms with Crippen LogP contribution < -0.4 is 15.5 Å². The van der Waals surface area contributed by atoms with Gasteiger partial charge >= 0.3 is 0 Å². The Balaban J connectivity index is 1.72. The van der Waals surface area contributed by atoms with Gasteiger partial charge in [0, 0.05) is 31.2 Å². The number of benzene rings is 2. The molecule has 0 spiro atoms. The van der Waals surface area contributed by atoms with Gasteiger partial charge in [0.05, 0.1) is 6.04 Å². The lowest BCUT2D eigenvalue weighted by Crippen LogP contribution is -2.39. The molecule has 0 fully saturated rings. The van der Waals surface area contributed by atoms with Gasteiger partial charge in [-0.05, 0) is 29.8 Å². The molecular formula is C21H22N6O. The predicted molar refractivity (Wildman–Crippen MR) is 110 cm³/mol. The van der Waals surface area contributed by atoms with Crippen LogP contribution in [-0.4, -0.2) is 34.8 Å². The predicted octanol–water partition coefficient (Wildman–Crippen LogP) is 3.13. The van der Waals surface area contributed by atoms with Crippen molar-refractivity contribution < 1.29 is 4.79 Å². The van der Waals surface area contributed by atoms with Crippen molar-refractivity contribution in [3.63, 3.8) is 0 Å². The number of nitrogens with zero attached hydrogens (tertiary/aromatic N) is 4. The van der Waals surface area contributed by atoms with Crippen LogP contribution in [0, 0.1) is 5.92 Å². The average molecular weight is 374 g/mol. The van der Waals surface area contributed by atoms with Crippen molar-refractivity contribution >= 4 is 23.2 Å². The fraction of sp³-hybridized carbons (Fsp3) is 0.190. The van der Waals surface area contributed by atoms with Crippen LogP contribution in [0.1, 0.15) is 11.6 Å². The van der Waals surface area contributed by atoms with Gasteiger partial charge in [-0.25, -0.2) is 4.68 Å². The summed E-state index contributed by atoms with van der Waals surface area (Å²) in [6.45, 7) is 4.10. The average Bonchev–Trinajstić information content (AvgIpc) is 3.15. The van der Waals surface area contributed by atoms with E-state index in [1.807, 2.05) is 73.6 Å². The zero-order valence-corrected chi connectivity index (χ0v) is 15.8. The molecule has 142 valence electrons. The molecule has 2 atom stereocenters. The largest absolute Gasteiger partial charge is 0.378 e. The van der Waals surface area contributed by atoms with E-state index in [0.717, 1.165) is 16.9 Å². The third-order valence-electron chi connectivity index (χ3n) is 4.87. The van der Waals surface area contributed by atoms with Crippen molar-refractivity contribution in [2.45, 2.75) is 6.04 Å². The van der Waals surface area contributed by atoms with Gasteiger partial charge in [0.1, 0.15) is 12.2 Å². The van der Waals surface area contributed by atoms with Crippen molar-refractivity contribution in [2.75, 3.05) is 29.6 Å². The van der Waals surface area contributed by atoms with Gasteiger partial charge in [0.2, 0.25) is 11.9 Å². The van der Waals surface area contributed by atoms with E-state index in [9.17, 15) is 4.79 Å². The molecule has 28 heavy (non-hydrogen) atoms. The number of nitrogens with one attached hydrogen (secondary N) is 2. The van der Waals surface area contributed by atoms with Crippen molar-refractivity contribution in [1.29, 1.82) is 0 Å². The summed E-state index contributed by atoms with van der Waals surface area (Å²) < 4.78 is 1.74. The fourth-order valence-corrected chi connectivity index (χ4v) is 3.44. The number of anilines is 3. The Labute approximate surface area is 163 Å². The molecule has 0 saturated carbocycles. The summed E-state index contributed by atoms with van der Waals surface area (Å²) in [5, 5.41) is 10.5. The second kappa shape index (κ2) is 7.19. The minimum absolute atomic E-state index is 0.147. The Hall–Kier alpha value is -3.61. The molecule has 2 heterocycles. The van der Waals surface area contributed by atoms with Crippen molar-refractivity contribution in [2.24, 2.45) is 5.92 Å². The fourth-order valence-electron chi connectivity index (χ4n) is 3.44. The number of fused-ring (bicyclic) bond motifs is 1. The first-order chi connectivity index (χ1) is 13.5. The summed E-state index contributed by atoms with van der Waals surface area (Å²) in [5.74, 6) is -0.110. The molecule has 2 aromatic carbocycles. The summed E-state index contributed by atoms with van der Waals surface area (Å²) in [6, 6.07) is 17.2. The first kappa shape index (κ1) is 17.8. The number of rotatable bonds is 4. The van der Waals surface area contributed by atoms with Gasteiger partial charge in [0.25, 0.3) is 0 Å². The minimum Gasteiger partial charge on any atom is -0.378 e.